The SMILES string of the molecule is CC1(C)CCCN(c2ccc(C=O)o2)C1. The molecule has 1 fully saturated rings. The highest BCUT2D eigenvalue weighted by molar-refractivity contribution is 5.71. The van der Waals surface area contributed by atoms with Crippen molar-refractivity contribution in [3.8, 4) is 0 Å². The summed E-state index contributed by atoms with van der Waals surface area (Å²) in [5, 5.41) is 0. The van der Waals surface area contributed by atoms with Crippen LogP contribution in [0, 0.1) is 5.41 Å². The first-order valence-corrected chi connectivity index (χ1v) is 5.41. The van der Waals surface area contributed by atoms with E-state index in [-0.39, 0.29) is 0 Å². The Morgan fingerprint density at radius 1 is 1.47 bits per heavy atom. The molecule has 0 spiro atoms. The zero-order valence-electron chi connectivity index (χ0n) is 9.32. The Bertz CT molecular complexity index is 354. The second-order valence-electron chi connectivity index (χ2n) is 4.98. The molecule has 0 saturated carbocycles. The Kier molecular flexibility index (Phi) is 2.55. The fraction of sp³-hybridized carbons (Fsp3) is 0.583. The first-order valence-electron chi connectivity index (χ1n) is 5.41. The van der Waals surface area contributed by atoms with Crippen molar-refractivity contribution in [2.45, 2.75) is 26.7 Å². The number of hydrogen-bond acceptors (Lipinski definition) is 3. The lowest BCUT2D eigenvalue weighted by Crippen LogP contribution is -2.39. The number of carbonyl (C=O) groups excluding carboxylic acids is 1. The highest BCUT2D eigenvalue weighted by atomic mass is 16.4. The van der Waals surface area contributed by atoms with Crippen molar-refractivity contribution in [1.82, 2.24) is 0 Å². The molecule has 1 aromatic heterocycles. The summed E-state index contributed by atoms with van der Waals surface area (Å²) in [6.45, 7) is 6.56. The fourth-order valence-electron chi connectivity index (χ4n) is 2.19. The average Bonchev–Trinajstić information content (AvgIpc) is 2.64. The van der Waals surface area contributed by atoms with E-state index in [1.807, 2.05) is 6.07 Å². The predicted octanol–water partition coefficient (Wildman–Crippen LogP) is 2.72. The van der Waals surface area contributed by atoms with Crippen LogP contribution in [0.5, 0.6) is 0 Å². The lowest BCUT2D eigenvalue weighted by molar-refractivity contribution is 0.110. The lowest BCUT2D eigenvalue weighted by Gasteiger charge is -2.37. The van der Waals surface area contributed by atoms with Crippen molar-refractivity contribution in [1.29, 1.82) is 0 Å². The molecule has 1 aromatic rings. The molecule has 82 valence electrons. The number of aldehydes is 1. The van der Waals surface area contributed by atoms with Crippen molar-refractivity contribution >= 4 is 12.2 Å². The first-order chi connectivity index (χ1) is 7.11. The van der Waals surface area contributed by atoms with Crippen molar-refractivity contribution in [2.24, 2.45) is 5.41 Å². The summed E-state index contributed by atoms with van der Waals surface area (Å²) < 4.78 is 5.42. The van der Waals surface area contributed by atoms with Gasteiger partial charge in [0, 0.05) is 19.2 Å². The molecule has 0 aliphatic carbocycles. The number of rotatable bonds is 2. The first kappa shape index (κ1) is 10.3. The Balaban J connectivity index is 2.13. The van der Waals surface area contributed by atoms with Crippen molar-refractivity contribution in [3.05, 3.63) is 17.9 Å². The number of hydrogen-bond donors (Lipinski definition) is 0. The third kappa shape index (κ3) is 2.22. The van der Waals surface area contributed by atoms with E-state index in [4.69, 9.17) is 4.42 Å². The molecule has 3 heteroatoms. The van der Waals surface area contributed by atoms with Gasteiger partial charge < -0.3 is 9.32 Å². The van der Waals surface area contributed by atoms with Crippen LogP contribution < -0.4 is 4.90 Å². The third-order valence-electron chi connectivity index (χ3n) is 2.94. The van der Waals surface area contributed by atoms with Gasteiger partial charge in [0.25, 0.3) is 0 Å². The molecule has 1 aliphatic heterocycles. The normalized spacial score (nSPS) is 20.3. The highest BCUT2D eigenvalue weighted by Crippen LogP contribution is 2.31. The molecule has 1 aliphatic rings. The van der Waals surface area contributed by atoms with Crippen molar-refractivity contribution < 1.29 is 9.21 Å². The molecule has 0 aromatic carbocycles. The van der Waals surface area contributed by atoms with E-state index in [9.17, 15) is 4.79 Å². The lowest BCUT2D eigenvalue weighted by atomic mass is 9.84. The number of piperidine rings is 1. The molecule has 0 bridgehead atoms. The summed E-state index contributed by atoms with van der Waals surface area (Å²) in [5.41, 5.74) is 0.340. The molecule has 0 amide bonds. The Morgan fingerprint density at radius 2 is 2.27 bits per heavy atom. The van der Waals surface area contributed by atoms with E-state index in [0.29, 0.717) is 11.2 Å². The Hall–Kier alpha value is -1.25. The summed E-state index contributed by atoms with van der Waals surface area (Å²) in [5.74, 6) is 1.23. The quantitative estimate of drug-likeness (QED) is 0.699. The van der Waals surface area contributed by atoms with Crippen LogP contribution in [0.4, 0.5) is 5.88 Å². The van der Waals surface area contributed by atoms with Gasteiger partial charge in [0.05, 0.1) is 0 Å². The minimum absolute atomic E-state index is 0.340. The fourth-order valence-corrected chi connectivity index (χ4v) is 2.19. The minimum atomic E-state index is 0.340. The maximum atomic E-state index is 10.5. The number of nitrogens with zero attached hydrogens (tertiary/aromatic N) is 1. The molecule has 1 saturated heterocycles. The molecule has 2 rings (SSSR count). The van der Waals surface area contributed by atoms with E-state index >= 15 is 0 Å². The summed E-state index contributed by atoms with van der Waals surface area (Å²) in [6, 6.07) is 3.61. The van der Waals surface area contributed by atoms with Crippen molar-refractivity contribution in [2.75, 3.05) is 18.0 Å². The van der Waals surface area contributed by atoms with Gasteiger partial charge in [-0.3, -0.25) is 4.79 Å². The summed E-state index contributed by atoms with van der Waals surface area (Å²) in [7, 11) is 0. The van der Waals surface area contributed by atoms with Gasteiger partial charge in [0.2, 0.25) is 0 Å². The van der Waals surface area contributed by atoms with Crippen molar-refractivity contribution in [3.63, 3.8) is 0 Å². The summed E-state index contributed by atoms with van der Waals surface area (Å²) in [4.78, 5) is 12.7. The molecule has 15 heavy (non-hydrogen) atoms. The van der Waals surface area contributed by atoms with E-state index in [1.54, 1.807) is 6.07 Å². The number of furan rings is 1. The van der Waals surface area contributed by atoms with E-state index in [1.165, 1.54) is 12.8 Å². The topological polar surface area (TPSA) is 33.5 Å². The van der Waals surface area contributed by atoms with Crippen LogP contribution in [0.25, 0.3) is 0 Å². The second-order valence-corrected chi connectivity index (χ2v) is 4.98. The molecule has 0 atom stereocenters. The van der Waals surface area contributed by atoms with Crippen LogP contribution in [0.1, 0.15) is 37.2 Å². The van der Waals surface area contributed by atoms with Crippen LogP contribution in [0.15, 0.2) is 16.5 Å². The molecule has 0 unspecified atom stereocenters. The van der Waals surface area contributed by atoms with Gasteiger partial charge in [-0.25, -0.2) is 0 Å². The molecule has 3 nitrogen and oxygen atoms in total. The Morgan fingerprint density at radius 3 is 2.87 bits per heavy atom. The standard InChI is InChI=1S/C12H17NO2/c1-12(2)6-3-7-13(9-12)11-5-4-10(8-14)15-11/h4-5,8H,3,6-7,9H2,1-2H3. The summed E-state index contributed by atoms with van der Waals surface area (Å²) in [6.07, 6.45) is 3.19. The van der Waals surface area contributed by atoms with Gasteiger partial charge in [-0.1, -0.05) is 13.8 Å². The van der Waals surface area contributed by atoms with E-state index in [0.717, 1.165) is 25.3 Å². The number of anilines is 1. The molecular weight excluding hydrogens is 190 g/mol. The summed E-state index contributed by atoms with van der Waals surface area (Å²) >= 11 is 0. The Labute approximate surface area is 90.1 Å². The van der Waals surface area contributed by atoms with Gasteiger partial charge in [-0.05, 0) is 24.3 Å². The highest BCUT2D eigenvalue weighted by Gasteiger charge is 2.27. The average molecular weight is 207 g/mol. The van der Waals surface area contributed by atoms with E-state index < -0.39 is 0 Å². The number of carbonyl (C=O) groups is 1. The second kappa shape index (κ2) is 3.72. The monoisotopic (exact) mass is 207 g/mol. The largest absolute Gasteiger partial charge is 0.438 e. The van der Waals surface area contributed by atoms with Crippen LogP contribution >= 0.6 is 0 Å². The molecule has 0 N–H and O–H groups in total. The molecule has 0 radical (unpaired) electrons. The van der Waals surface area contributed by atoms with Crippen LogP contribution in [0.3, 0.4) is 0 Å². The van der Waals surface area contributed by atoms with Gasteiger partial charge >= 0.3 is 0 Å². The van der Waals surface area contributed by atoms with E-state index in [2.05, 4.69) is 18.7 Å². The zero-order valence-corrected chi connectivity index (χ0v) is 9.32. The third-order valence-corrected chi connectivity index (χ3v) is 2.94. The van der Waals surface area contributed by atoms with Gasteiger partial charge in [-0.2, -0.15) is 0 Å². The van der Waals surface area contributed by atoms with Gasteiger partial charge in [-0.15, -0.1) is 0 Å². The van der Waals surface area contributed by atoms with Gasteiger partial charge in [0.1, 0.15) is 0 Å². The van der Waals surface area contributed by atoms with Gasteiger partial charge in [0.15, 0.2) is 17.9 Å². The smallest absolute Gasteiger partial charge is 0.196 e. The maximum Gasteiger partial charge on any atom is 0.196 e. The zero-order chi connectivity index (χ0) is 10.9. The van der Waals surface area contributed by atoms with Crippen LogP contribution in [-0.2, 0) is 0 Å². The maximum absolute atomic E-state index is 10.5. The molecule has 2 heterocycles. The van der Waals surface area contributed by atoms with Crippen LogP contribution in [-0.4, -0.2) is 19.4 Å². The molecular formula is C12H17NO2. The predicted molar refractivity (Wildman–Crippen MR) is 59.3 cm³/mol. The van der Waals surface area contributed by atoms with Crippen LogP contribution in [0.2, 0.25) is 0 Å². The minimum Gasteiger partial charge on any atom is -0.438 e.